The van der Waals surface area contributed by atoms with Gasteiger partial charge in [-0.1, -0.05) is 226 Å². The molecule has 0 bridgehead atoms. The molecular formula is C110H81B4N7O2. The van der Waals surface area contributed by atoms with Crippen LogP contribution in [0.15, 0.2) is 346 Å². The predicted octanol–water partition coefficient (Wildman–Crippen LogP) is 20.6. The molecule has 0 aliphatic carbocycles. The first-order chi connectivity index (χ1) is 60.3. The summed E-state index contributed by atoms with van der Waals surface area (Å²) in [7, 11) is 0. The highest BCUT2D eigenvalue weighted by Crippen LogP contribution is 2.55. The topological polar surface area (TPSA) is 41.1 Å². The summed E-state index contributed by atoms with van der Waals surface area (Å²) in [5, 5.41) is 0. The summed E-state index contributed by atoms with van der Waals surface area (Å²) in [5.74, 6) is 3.30. The van der Waals surface area contributed by atoms with Crippen molar-refractivity contribution in [3.05, 3.63) is 390 Å². The Kier molecular flexibility index (Phi) is 15.5. The van der Waals surface area contributed by atoms with E-state index in [1.807, 2.05) is 0 Å². The molecule has 0 aromatic heterocycles. The number of anilines is 21. The minimum absolute atomic E-state index is 0.226. The van der Waals surface area contributed by atoms with Gasteiger partial charge in [-0.05, 0) is 260 Å². The van der Waals surface area contributed by atoms with Crippen molar-refractivity contribution in [2.24, 2.45) is 0 Å². The van der Waals surface area contributed by atoms with Gasteiger partial charge in [0.2, 0.25) is 0 Å². The zero-order valence-corrected chi connectivity index (χ0v) is 69.7. The molecule has 0 spiro atoms. The summed E-state index contributed by atoms with van der Waals surface area (Å²) in [5.41, 5.74) is 47.0. The van der Waals surface area contributed by atoms with Crippen molar-refractivity contribution in [1.82, 2.24) is 0 Å². The Labute approximate surface area is 719 Å². The number of para-hydroxylation sites is 4. The molecule has 0 fully saturated rings. The number of fused-ring (bicyclic) bond motifs is 18. The SMILES string of the molecule is Cc1ccc(N(c2ccc(C)cc2)c2cc3c4c(c2)N(c2ccc(C)cc2)c2ccc(C)cc2B4c2cc4c(cc2O3)N(c2ccccc2)c2cc3c5c6c2B4c2ccccc2N6c2ccccc2B5c2cc4c(cc2N3c2ccccc2)Oc2cc(N(c3ccc(C)cc3)c3ccc(C)cc3)cc3c2B4c2cc(C)ccc2N3c2ccc(C)cc2)cc1. The number of nitrogens with zero attached hydrogens (tertiary/aromatic N) is 7. The van der Waals surface area contributed by atoms with E-state index in [0.717, 1.165) is 147 Å². The van der Waals surface area contributed by atoms with Gasteiger partial charge >= 0.3 is 0 Å². The Morgan fingerprint density at radius 2 is 0.480 bits per heavy atom. The van der Waals surface area contributed by atoms with Crippen LogP contribution in [-0.2, 0) is 0 Å². The number of hydrogen-bond donors (Lipinski definition) is 0. The lowest BCUT2D eigenvalue weighted by Crippen LogP contribution is -2.69. The highest BCUT2D eigenvalue weighted by atomic mass is 16.5. The van der Waals surface area contributed by atoms with Gasteiger partial charge in [-0.15, -0.1) is 0 Å². The van der Waals surface area contributed by atoms with Gasteiger partial charge < -0.3 is 43.8 Å². The van der Waals surface area contributed by atoms with Crippen LogP contribution in [0.5, 0.6) is 23.0 Å². The lowest BCUT2D eigenvalue weighted by molar-refractivity contribution is 0.487. The van der Waals surface area contributed by atoms with Crippen molar-refractivity contribution in [3.8, 4) is 23.0 Å². The minimum atomic E-state index is -0.237. The molecule has 0 saturated carbocycles. The van der Waals surface area contributed by atoms with Gasteiger partial charge in [0.25, 0.3) is 26.9 Å². The van der Waals surface area contributed by atoms with E-state index in [1.54, 1.807) is 0 Å². The first-order valence-electron chi connectivity index (χ1n) is 43.1. The quantitative estimate of drug-likeness (QED) is 0.125. The van der Waals surface area contributed by atoms with Crippen molar-refractivity contribution in [2.75, 3.05) is 34.3 Å². The Morgan fingerprint density at radius 1 is 0.187 bits per heavy atom. The summed E-state index contributed by atoms with van der Waals surface area (Å²) >= 11 is 0. The van der Waals surface area contributed by atoms with Gasteiger partial charge in [0.15, 0.2) is 0 Å². The molecule has 9 nitrogen and oxygen atoms in total. The van der Waals surface area contributed by atoms with Crippen LogP contribution in [-0.4, -0.2) is 26.9 Å². The molecule has 0 radical (unpaired) electrons. The number of ether oxygens (including phenoxy) is 2. The maximum Gasteiger partial charge on any atom is 0.256 e. The molecule has 8 aliphatic rings. The van der Waals surface area contributed by atoms with Crippen molar-refractivity contribution < 1.29 is 9.47 Å². The zero-order chi connectivity index (χ0) is 82.1. The smallest absolute Gasteiger partial charge is 0.256 e. The normalized spacial score (nSPS) is 13.7. The highest BCUT2D eigenvalue weighted by molar-refractivity contribution is 7.06. The van der Waals surface area contributed by atoms with Gasteiger partial charge in [-0.3, -0.25) is 0 Å². The fourth-order valence-electron chi connectivity index (χ4n) is 21.6. The first-order valence-corrected chi connectivity index (χ1v) is 43.1. The van der Waals surface area contributed by atoms with Crippen molar-refractivity contribution in [3.63, 3.8) is 0 Å². The Balaban J connectivity index is 0.737. The number of benzene rings is 17. The summed E-state index contributed by atoms with van der Waals surface area (Å²) in [6, 6.07) is 131. The second kappa shape index (κ2) is 26.9. The predicted molar refractivity (Wildman–Crippen MR) is 519 cm³/mol. The van der Waals surface area contributed by atoms with E-state index in [-0.39, 0.29) is 26.9 Å². The molecule has 17 aromatic rings. The van der Waals surface area contributed by atoms with Crippen molar-refractivity contribution in [2.45, 2.75) is 55.4 Å². The van der Waals surface area contributed by atoms with E-state index in [2.05, 4.69) is 435 Å². The largest absolute Gasteiger partial charge is 0.458 e. The minimum Gasteiger partial charge on any atom is -0.458 e. The van der Waals surface area contributed by atoms with E-state index in [1.165, 1.54) is 105 Å². The maximum absolute atomic E-state index is 7.97. The van der Waals surface area contributed by atoms with Crippen LogP contribution in [0, 0.1) is 55.4 Å². The Hall–Kier alpha value is -14.8. The van der Waals surface area contributed by atoms with Gasteiger partial charge in [0.1, 0.15) is 23.0 Å². The number of rotatable bonds is 10. The Bertz CT molecular complexity index is 6810. The molecule has 580 valence electrons. The molecule has 8 aliphatic heterocycles. The van der Waals surface area contributed by atoms with E-state index in [9.17, 15) is 0 Å². The monoisotopic (exact) mass is 1580 g/mol. The van der Waals surface area contributed by atoms with Gasteiger partial charge in [-0.25, -0.2) is 0 Å². The average molecular weight is 1580 g/mol. The van der Waals surface area contributed by atoms with Crippen LogP contribution in [0.1, 0.15) is 44.5 Å². The van der Waals surface area contributed by atoms with Crippen LogP contribution < -0.4 is 109 Å². The highest BCUT2D eigenvalue weighted by Gasteiger charge is 2.55. The van der Waals surface area contributed by atoms with Crippen LogP contribution in [0.25, 0.3) is 0 Å². The lowest BCUT2D eigenvalue weighted by atomic mass is 9.27. The van der Waals surface area contributed by atoms with E-state index in [4.69, 9.17) is 9.47 Å². The number of aryl methyl sites for hydroxylation is 8. The zero-order valence-electron chi connectivity index (χ0n) is 69.7. The number of hydrogen-bond acceptors (Lipinski definition) is 9. The third-order valence-electron chi connectivity index (χ3n) is 27.1. The van der Waals surface area contributed by atoms with E-state index >= 15 is 0 Å². The standard InChI is InChI=1S/C110H81B4N7O2/c1-66-27-41-76(42-28-66)115(77-43-29-67(2)30-44-77)82-57-98-106-104(59-82)122-102-64-96-88(61-90(102)113(106)86-55-72(7)39-53-94(86)117(98)80-49-35-70(5)36-50-80)111-84-23-15-17-25-92(84)121-93-26-18-16-24-85(93)112-89-62-91-103(65-97(89)120(75-21-13-10-14-22-75)101-63-100(108(111)110(121)109(101)112)119(96)74-19-11-9-12-20-74)123-105-60-83(116(78-45-31-68(3)32-46-78)79-47-33-69(4)34-48-79)58-99-107(105)114(91)87-56-73(8)40-54-95(87)118(99)81-51-37-71(6)38-52-81/h9-65H,1-8H3. The van der Waals surface area contributed by atoms with Crippen LogP contribution in [0.4, 0.5) is 119 Å². The molecule has 0 atom stereocenters. The molecule has 0 unspecified atom stereocenters. The van der Waals surface area contributed by atoms with Crippen LogP contribution >= 0.6 is 0 Å². The summed E-state index contributed by atoms with van der Waals surface area (Å²) < 4.78 is 15.9. The lowest BCUT2D eigenvalue weighted by Gasteiger charge is -2.51. The molecule has 25 rings (SSSR count). The summed E-state index contributed by atoms with van der Waals surface area (Å²) in [6.07, 6.45) is 0. The molecule has 8 heterocycles. The summed E-state index contributed by atoms with van der Waals surface area (Å²) in [6.45, 7) is 16.6. The van der Waals surface area contributed by atoms with E-state index < -0.39 is 0 Å². The second-order valence-electron chi connectivity index (χ2n) is 35.0. The van der Waals surface area contributed by atoms with Crippen LogP contribution in [0.2, 0.25) is 0 Å². The molecule has 13 heteroatoms. The molecular weight excluding hydrogens is 1490 g/mol. The van der Waals surface area contributed by atoms with Crippen molar-refractivity contribution in [1.29, 1.82) is 0 Å². The molecule has 0 saturated heterocycles. The molecule has 0 amide bonds. The van der Waals surface area contributed by atoms with Crippen molar-refractivity contribution >= 4 is 212 Å². The van der Waals surface area contributed by atoms with Gasteiger partial charge in [-0.2, -0.15) is 0 Å². The Morgan fingerprint density at radius 3 is 0.854 bits per heavy atom. The van der Waals surface area contributed by atoms with E-state index in [0.29, 0.717) is 0 Å². The van der Waals surface area contributed by atoms with Gasteiger partial charge in [0.05, 0.1) is 11.4 Å². The maximum atomic E-state index is 7.97. The fraction of sp³-hybridized carbons (Fsp3) is 0.0727. The molecule has 123 heavy (non-hydrogen) atoms. The molecule has 0 N–H and O–H groups in total. The fourth-order valence-corrected chi connectivity index (χ4v) is 21.6. The first kappa shape index (κ1) is 71.1. The van der Waals surface area contributed by atoms with Gasteiger partial charge in [0, 0.05) is 132 Å². The molecule has 17 aromatic carbocycles. The summed E-state index contributed by atoms with van der Waals surface area (Å²) in [4.78, 5) is 17.6. The third kappa shape index (κ3) is 10.7. The third-order valence-corrected chi connectivity index (χ3v) is 27.1. The second-order valence-corrected chi connectivity index (χ2v) is 35.0. The van der Waals surface area contributed by atoms with Crippen LogP contribution in [0.3, 0.4) is 0 Å². The average Bonchev–Trinajstić information content (AvgIpc) is 0.658.